The number of aromatic amines is 1. The van der Waals surface area contributed by atoms with E-state index in [1.54, 1.807) is 0 Å². The number of hydrogen-bond donors (Lipinski definition) is 2. The number of ether oxygens (including phenoxy) is 1. The Hall–Kier alpha value is -2.57. The van der Waals surface area contributed by atoms with Crippen LogP contribution >= 0.6 is 0 Å². The Kier molecular flexibility index (Phi) is 5.68. The first kappa shape index (κ1) is 19.2. The number of rotatable bonds is 4. The number of carbonyl (C=O) groups excluding carboxylic acids is 2. The lowest BCUT2D eigenvalue weighted by molar-refractivity contribution is -0.132. The van der Waals surface area contributed by atoms with Crippen molar-refractivity contribution in [1.82, 2.24) is 20.2 Å². The molecule has 1 aromatic heterocycles. The molecule has 3 rings (SSSR count). The van der Waals surface area contributed by atoms with E-state index in [0.29, 0.717) is 19.0 Å². The molecule has 1 aromatic carbocycles. The van der Waals surface area contributed by atoms with Gasteiger partial charge in [-0.05, 0) is 45.7 Å². The summed E-state index contributed by atoms with van der Waals surface area (Å²) < 4.78 is 5.17. The predicted octanol–water partition coefficient (Wildman–Crippen LogP) is 3.18. The number of fused-ring (bicyclic) bond motifs is 1. The molecule has 1 aliphatic rings. The van der Waals surface area contributed by atoms with Crippen molar-refractivity contribution in [3.8, 4) is 0 Å². The highest BCUT2D eigenvalue weighted by Gasteiger charge is 2.25. The highest BCUT2D eigenvalue weighted by Crippen LogP contribution is 2.27. The number of carbonyl (C=O) groups is 2. The van der Waals surface area contributed by atoms with Crippen LogP contribution in [0.2, 0.25) is 0 Å². The summed E-state index contributed by atoms with van der Waals surface area (Å²) in [5.41, 5.74) is 1.51. The van der Waals surface area contributed by atoms with Crippen LogP contribution in [0.1, 0.15) is 51.8 Å². The van der Waals surface area contributed by atoms with Crippen molar-refractivity contribution in [2.24, 2.45) is 0 Å². The standard InChI is InChI=1S/C20H28N4O3/c1-20(2,3)27-19(26)21-11-8-17(25)24-12-9-14(10-13-24)18-22-15-6-4-5-7-16(15)23-18/h4-7,14H,8-13H2,1-3H3,(H,21,26)(H,22,23). The molecule has 7 nitrogen and oxygen atoms in total. The predicted molar refractivity (Wildman–Crippen MR) is 104 cm³/mol. The third kappa shape index (κ3) is 5.21. The molecule has 1 saturated heterocycles. The van der Waals surface area contributed by atoms with Crippen molar-refractivity contribution in [2.75, 3.05) is 19.6 Å². The van der Waals surface area contributed by atoms with Gasteiger partial charge in [0.25, 0.3) is 0 Å². The number of aromatic nitrogens is 2. The van der Waals surface area contributed by atoms with Crippen molar-refractivity contribution < 1.29 is 14.3 Å². The maximum Gasteiger partial charge on any atom is 0.407 e. The fraction of sp³-hybridized carbons (Fsp3) is 0.550. The first-order valence-corrected chi connectivity index (χ1v) is 9.51. The Morgan fingerprint density at radius 1 is 1.26 bits per heavy atom. The molecule has 0 bridgehead atoms. The molecule has 7 heteroatoms. The van der Waals surface area contributed by atoms with Crippen molar-refractivity contribution in [2.45, 2.75) is 51.6 Å². The molecular formula is C20H28N4O3. The zero-order valence-corrected chi connectivity index (χ0v) is 16.2. The molecule has 2 heterocycles. The molecule has 0 saturated carbocycles. The number of nitrogens with one attached hydrogen (secondary N) is 2. The number of para-hydroxylation sites is 2. The minimum atomic E-state index is -0.535. The molecule has 1 fully saturated rings. The van der Waals surface area contributed by atoms with Crippen LogP contribution in [0.5, 0.6) is 0 Å². The summed E-state index contributed by atoms with van der Waals surface area (Å²) in [5.74, 6) is 1.42. The number of benzene rings is 1. The zero-order valence-electron chi connectivity index (χ0n) is 16.2. The van der Waals surface area contributed by atoms with E-state index in [1.165, 1.54) is 0 Å². The van der Waals surface area contributed by atoms with Gasteiger partial charge in [0.15, 0.2) is 0 Å². The summed E-state index contributed by atoms with van der Waals surface area (Å²) in [6.07, 6.45) is 1.59. The Morgan fingerprint density at radius 2 is 1.96 bits per heavy atom. The van der Waals surface area contributed by atoms with E-state index >= 15 is 0 Å². The van der Waals surface area contributed by atoms with Crippen molar-refractivity contribution in [3.05, 3.63) is 30.1 Å². The van der Waals surface area contributed by atoms with Crippen LogP contribution in [0.25, 0.3) is 11.0 Å². The van der Waals surface area contributed by atoms with E-state index in [4.69, 9.17) is 4.74 Å². The van der Waals surface area contributed by atoms with E-state index < -0.39 is 11.7 Å². The third-order valence-corrected chi connectivity index (χ3v) is 4.65. The average Bonchev–Trinajstić information content (AvgIpc) is 3.04. The van der Waals surface area contributed by atoms with Gasteiger partial charge in [-0.15, -0.1) is 0 Å². The van der Waals surface area contributed by atoms with Gasteiger partial charge in [0, 0.05) is 32.0 Å². The summed E-state index contributed by atoms with van der Waals surface area (Å²) in [6, 6.07) is 8.02. The number of imidazole rings is 1. The second-order valence-electron chi connectivity index (χ2n) is 7.97. The highest BCUT2D eigenvalue weighted by atomic mass is 16.6. The van der Waals surface area contributed by atoms with Crippen LogP contribution < -0.4 is 5.32 Å². The molecule has 0 unspecified atom stereocenters. The van der Waals surface area contributed by atoms with Crippen molar-refractivity contribution >= 4 is 23.0 Å². The van der Waals surface area contributed by atoms with Gasteiger partial charge in [-0.1, -0.05) is 12.1 Å². The Bertz CT molecular complexity index is 768. The molecule has 2 N–H and O–H groups in total. The molecule has 146 valence electrons. The van der Waals surface area contributed by atoms with Gasteiger partial charge in [0.1, 0.15) is 11.4 Å². The van der Waals surface area contributed by atoms with Crippen molar-refractivity contribution in [3.63, 3.8) is 0 Å². The molecule has 0 atom stereocenters. The number of nitrogens with zero attached hydrogens (tertiary/aromatic N) is 2. The van der Waals surface area contributed by atoms with Crippen molar-refractivity contribution in [1.29, 1.82) is 0 Å². The van der Waals surface area contributed by atoms with E-state index in [9.17, 15) is 9.59 Å². The number of likely N-dealkylation sites (tertiary alicyclic amines) is 1. The van der Waals surface area contributed by atoms with Gasteiger partial charge in [-0.2, -0.15) is 0 Å². The van der Waals surface area contributed by atoms with E-state index in [-0.39, 0.29) is 18.9 Å². The molecule has 0 spiro atoms. The van der Waals surface area contributed by atoms with Gasteiger partial charge >= 0.3 is 6.09 Å². The fourth-order valence-electron chi connectivity index (χ4n) is 3.31. The smallest absolute Gasteiger partial charge is 0.407 e. The SMILES string of the molecule is CC(C)(C)OC(=O)NCCC(=O)N1CCC(c2nc3ccccc3[nH]2)CC1. The van der Waals surface area contributed by atoms with E-state index in [2.05, 4.69) is 15.3 Å². The maximum atomic E-state index is 12.4. The Morgan fingerprint density at radius 3 is 2.63 bits per heavy atom. The Labute approximate surface area is 159 Å². The maximum absolute atomic E-state index is 12.4. The van der Waals surface area contributed by atoms with Crippen LogP contribution in [-0.4, -0.2) is 52.1 Å². The van der Waals surface area contributed by atoms with Gasteiger partial charge in [0.05, 0.1) is 11.0 Å². The number of piperidine rings is 1. The monoisotopic (exact) mass is 372 g/mol. The summed E-state index contributed by atoms with van der Waals surface area (Å²) in [6.45, 7) is 7.15. The second kappa shape index (κ2) is 7.98. The molecule has 1 aliphatic heterocycles. The van der Waals surface area contributed by atoms with Gasteiger partial charge in [-0.25, -0.2) is 9.78 Å². The average molecular weight is 372 g/mol. The largest absolute Gasteiger partial charge is 0.444 e. The lowest BCUT2D eigenvalue weighted by Gasteiger charge is -2.31. The van der Waals surface area contributed by atoms with Crippen LogP contribution in [0, 0.1) is 0 Å². The molecule has 27 heavy (non-hydrogen) atoms. The molecule has 2 amide bonds. The van der Waals surface area contributed by atoms with Crippen LogP contribution in [0.15, 0.2) is 24.3 Å². The van der Waals surface area contributed by atoms with Crippen LogP contribution in [-0.2, 0) is 9.53 Å². The molecule has 2 aromatic rings. The summed E-state index contributed by atoms with van der Waals surface area (Å²) >= 11 is 0. The van der Waals surface area contributed by atoms with Gasteiger partial charge < -0.3 is 19.9 Å². The normalized spacial score (nSPS) is 15.7. The third-order valence-electron chi connectivity index (χ3n) is 4.65. The van der Waals surface area contributed by atoms with Gasteiger partial charge in [0.2, 0.25) is 5.91 Å². The quantitative estimate of drug-likeness (QED) is 0.863. The fourth-order valence-corrected chi connectivity index (χ4v) is 3.31. The summed E-state index contributed by atoms with van der Waals surface area (Å²) in [4.78, 5) is 33.9. The lowest BCUT2D eigenvalue weighted by Crippen LogP contribution is -2.40. The number of alkyl carbamates (subject to hydrolysis) is 1. The zero-order chi connectivity index (χ0) is 19.4. The summed E-state index contributed by atoms with van der Waals surface area (Å²) in [7, 11) is 0. The molecule has 0 aliphatic carbocycles. The lowest BCUT2D eigenvalue weighted by atomic mass is 9.96. The highest BCUT2D eigenvalue weighted by molar-refractivity contribution is 5.77. The van der Waals surface area contributed by atoms with Gasteiger partial charge in [-0.3, -0.25) is 4.79 Å². The molecular weight excluding hydrogens is 344 g/mol. The molecule has 0 radical (unpaired) electrons. The van der Waals surface area contributed by atoms with E-state index in [0.717, 1.165) is 29.7 Å². The van der Waals surface area contributed by atoms with E-state index in [1.807, 2.05) is 49.9 Å². The van der Waals surface area contributed by atoms with Crippen LogP contribution in [0.4, 0.5) is 4.79 Å². The number of hydrogen-bond acceptors (Lipinski definition) is 4. The first-order chi connectivity index (χ1) is 12.8. The van der Waals surface area contributed by atoms with Crippen LogP contribution in [0.3, 0.4) is 0 Å². The number of amides is 2. The second-order valence-corrected chi connectivity index (χ2v) is 7.97. The topological polar surface area (TPSA) is 87.3 Å². The number of H-pyrrole nitrogens is 1. The summed E-state index contributed by atoms with van der Waals surface area (Å²) in [5, 5.41) is 2.64. The minimum Gasteiger partial charge on any atom is -0.444 e. The Balaban J connectivity index is 1.43. The minimum absolute atomic E-state index is 0.0640. The first-order valence-electron chi connectivity index (χ1n) is 9.51.